The third-order valence-electron chi connectivity index (χ3n) is 3.90. The predicted molar refractivity (Wildman–Crippen MR) is 72.0 cm³/mol. The molecule has 0 aliphatic heterocycles. The van der Waals surface area contributed by atoms with Crippen LogP contribution in [0.2, 0.25) is 0 Å². The Morgan fingerprint density at radius 3 is 2.84 bits per heavy atom. The van der Waals surface area contributed by atoms with Gasteiger partial charge in [-0.2, -0.15) is 5.26 Å². The molecule has 1 amide bonds. The molecule has 1 aromatic heterocycles. The maximum absolute atomic E-state index is 11.9. The summed E-state index contributed by atoms with van der Waals surface area (Å²) in [6.45, 7) is 2.05. The van der Waals surface area contributed by atoms with E-state index in [2.05, 4.69) is 11.4 Å². The number of rotatable bonds is 2. The summed E-state index contributed by atoms with van der Waals surface area (Å²) >= 11 is 1.39. The van der Waals surface area contributed by atoms with Crippen molar-refractivity contribution in [1.29, 1.82) is 5.26 Å². The number of Topliss-reactive ketones (excluding diaryl/α,β-unsaturated/α-hetero) is 1. The lowest BCUT2D eigenvalue weighted by Gasteiger charge is -2.09. The van der Waals surface area contributed by atoms with Crippen molar-refractivity contribution in [3.05, 3.63) is 16.0 Å². The number of nitrogens with one attached hydrogen (secondary N) is 1. The van der Waals surface area contributed by atoms with Crippen LogP contribution in [-0.2, 0) is 22.4 Å². The van der Waals surface area contributed by atoms with E-state index in [1.54, 1.807) is 0 Å². The van der Waals surface area contributed by atoms with E-state index in [-0.39, 0.29) is 17.6 Å². The summed E-state index contributed by atoms with van der Waals surface area (Å²) in [6, 6.07) is 2.18. The highest BCUT2D eigenvalue weighted by atomic mass is 32.1. The molecule has 1 aromatic rings. The summed E-state index contributed by atoms with van der Waals surface area (Å²) in [4.78, 5) is 24.4. The zero-order valence-electron chi connectivity index (χ0n) is 10.7. The first-order valence-electron chi connectivity index (χ1n) is 6.47. The van der Waals surface area contributed by atoms with Crippen LogP contribution in [0.15, 0.2) is 0 Å². The molecule has 5 heteroatoms. The fourth-order valence-electron chi connectivity index (χ4n) is 2.55. The fraction of sp³-hybridized carbons (Fsp3) is 0.500. The largest absolute Gasteiger partial charge is 0.316 e. The molecular formula is C14H14N2O2S. The van der Waals surface area contributed by atoms with Crippen LogP contribution in [-0.4, -0.2) is 11.7 Å². The van der Waals surface area contributed by atoms with E-state index in [0.717, 1.165) is 16.9 Å². The van der Waals surface area contributed by atoms with Gasteiger partial charge in [0.05, 0.1) is 5.56 Å². The minimum atomic E-state index is 0.00826. The lowest BCUT2D eigenvalue weighted by atomic mass is 9.95. The van der Waals surface area contributed by atoms with Crippen LogP contribution in [0.4, 0.5) is 5.00 Å². The molecule has 3 rings (SSSR count). The molecule has 4 nitrogen and oxygen atoms in total. The smallest absolute Gasteiger partial charge is 0.228 e. The Kier molecular flexibility index (Phi) is 2.90. The molecule has 2 atom stereocenters. The van der Waals surface area contributed by atoms with Gasteiger partial charge in [-0.05, 0) is 24.3 Å². The molecular weight excluding hydrogens is 260 g/mol. The Morgan fingerprint density at radius 2 is 2.21 bits per heavy atom. The molecule has 1 fully saturated rings. The van der Waals surface area contributed by atoms with Crippen molar-refractivity contribution in [3.8, 4) is 6.07 Å². The van der Waals surface area contributed by atoms with Crippen LogP contribution in [0.1, 0.15) is 35.8 Å². The van der Waals surface area contributed by atoms with Gasteiger partial charge in [0, 0.05) is 23.6 Å². The summed E-state index contributed by atoms with van der Waals surface area (Å²) in [5, 5.41) is 12.8. The van der Waals surface area contributed by atoms with Gasteiger partial charge in [0.15, 0.2) is 0 Å². The third kappa shape index (κ3) is 2.17. The van der Waals surface area contributed by atoms with Crippen molar-refractivity contribution >= 4 is 28.0 Å². The zero-order chi connectivity index (χ0) is 13.6. The molecule has 2 unspecified atom stereocenters. The first kappa shape index (κ1) is 12.4. The molecule has 2 aliphatic rings. The highest BCUT2D eigenvalue weighted by molar-refractivity contribution is 7.16. The van der Waals surface area contributed by atoms with Crippen LogP contribution in [0.5, 0.6) is 0 Å². The fourth-order valence-corrected chi connectivity index (χ4v) is 3.78. The summed E-state index contributed by atoms with van der Waals surface area (Å²) in [6.07, 6.45) is 2.47. The maximum Gasteiger partial charge on any atom is 0.228 e. The van der Waals surface area contributed by atoms with Gasteiger partial charge in [0.1, 0.15) is 16.9 Å². The second-order valence-electron chi connectivity index (χ2n) is 5.34. The average Bonchev–Trinajstić information content (AvgIpc) is 3.00. The molecule has 0 bridgehead atoms. The Bertz CT molecular complexity index is 612. The molecule has 1 saturated carbocycles. The molecule has 19 heavy (non-hydrogen) atoms. The SMILES string of the molecule is CC1CC1C(=O)Nc1sc2c(c1C#N)CCC(=O)C2. The number of hydrogen-bond donors (Lipinski definition) is 1. The monoisotopic (exact) mass is 274 g/mol. The molecule has 1 N–H and O–H groups in total. The van der Waals surface area contributed by atoms with Gasteiger partial charge in [-0.25, -0.2) is 0 Å². The van der Waals surface area contributed by atoms with E-state index >= 15 is 0 Å². The van der Waals surface area contributed by atoms with Crippen molar-refractivity contribution in [2.24, 2.45) is 11.8 Å². The predicted octanol–water partition coefficient (Wildman–Crippen LogP) is 2.27. The summed E-state index contributed by atoms with van der Waals surface area (Å²) in [5.74, 6) is 0.759. The topological polar surface area (TPSA) is 70.0 Å². The first-order chi connectivity index (χ1) is 9.10. The Hall–Kier alpha value is -1.67. The molecule has 1 heterocycles. The second kappa shape index (κ2) is 4.46. The highest BCUT2D eigenvalue weighted by Crippen LogP contribution is 2.41. The second-order valence-corrected chi connectivity index (χ2v) is 6.45. The number of carbonyl (C=O) groups is 2. The van der Waals surface area contributed by atoms with Gasteiger partial charge in [-0.1, -0.05) is 6.92 Å². The van der Waals surface area contributed by atoms with E-state index in [9.17, 15) is 14.9 Å². The molecule has 0 radical (unpaired) electrons. The van der Waals surface area contributed by atoms with Crippen molar-refractivity contribution in [2.75, 3.05) is 5.32 Å². The van der Waals surface area contributed by atoms with Crippen molar-refractivity contribution in [3.63, 3.8) is 0 Å². The summed E-state index contributed by atoms with van der Waals surface area (Å²) in [7, 11) is 0. The van der Waals surface area contributed by atoms with E-state index in [1.807, 2.05) is 6.92 Å². The van der Waals surface area contributed by atoms with Crippen LogP contribution in [0.25, 0.3) is 0 Å². The minimum Gasteiger partial charge on any atom is -0.316 e. The number of hydrogen-bond acceptors (Lipinski definition) is 4. The average molecular weight is 274 g/mol. The zero-order valence-corrected chi connectivity index (χ0v) is 11.5. The number of anilines is 1. The highest BCUT2D eigenvalue weighted by Gasteiger charge is 2.39. The number of nitriles is 1. The lowest BCUT2D eigenvalue weighted by molar-refractivity contribution is -0.119. The van der Waals surface area contributed by atoms with Gasteiger partial charge in [-0.15, -0.1) is 11.3 Å². The summed E-state index contributed by atoms with van der Waals surface area (Å²) in [5.41, 5.74) is 1.53. The van der Waals surface area contributed by atoms with E-state index in [1.165, 1.54) is 11.3 Å². The quantitative estimate of drug-likeness (QED) is 0.899. The summed E-state index contributed by atoms with van der Waals surface area (Å²) < 4.78 is 0. The van der Waals surface area contributed by atoms with Crippen LogP contribution >= 0.6 is 11.3 Å². The van der Waals surface area contributed by atoms with Gasteiger partial charge in [0.25, 0.3) is 0 Å². The van der Waals surface area contributed by atoms with Gasteiger partial charge >= 0.3 is 0 Å². The van der Waals surface area contributed by atoms with E-state index in [4.69, 9.17) is 0 Å². The number of fused-ring (bicyclic) bond motifs is 1. The van der Waals surface area contributed by atoms with Crippen LogP contribution in [0.3, 0.4) is 0 Å². The Labute approximate surface area is 115 Å². The molecule has 0 saturated heterocycles. The third-order valence-corrected chi connectivity index (χ3v) is 5.04. The molecule has 2 aliphatic carbocycles. The molecule has 0 aromatic carbocycles. The number of amides is 1. The number of ketones is 1. The van der Waals surface area contributed by atoms with Crippen molar-refractivity contribution in [2.45, 2.75) is 32.6 Å². The number of carbonyl (C=O) groups excluding carboxylic acids is 2. The van der Waals surface area contributed by atoms with Gasteiger partial charge in [-0.3, -0.25) is 9.59 Å². The number of thiophene rings is 1. The normalized spacial score (nSPS) is 24.5. The molecule has 98 valence electrons. The van der Waals surface area contributed by atoms with E-state index in [0.29, 0.717) is 35.7 Å². The molecule has 0 spiro atoms. The Morgan fingerprint density at radius 1 is 1.47 bits per heavy atom. The van der Waals surface area contributed by atoms with Crippen LogP contribution in [0, 0.1) is 23.2 Å². The number of nitrogens with zero attached hydrogens (tertiary/aromatic N) is 1. The van der Waals surface area contributed by atoms with Gasteiger partial charge in [0.2, 0.25) is 5.91 Å². The standard InChI is InChI=1S/C14H14N2O2S/c1-7-4-10(7)13(18)16-14-11(6-15)9-3-2-8(17)5-12(9)19-14/h7,10H,2-5H2,1H3,(H,16,18). The minimum absolute atomic E-state index is 0.00826. The van der Waals surface area contributed by atoms with Gasteiger partial charge < -0.3 is 5.32 Å². The van der Waals surface area contributed by atoms with Crippen molar-refractivity contribution < 1.29 is 9.59 Å². The van der Waals surface area contributed by atoms with Crippen LogP contribution < -0.4 is 5.32 Å². The first-order valence-corrected chi connectivity index (χ1v) is 7.29. The maximum atomic E-state index is 11.9. The lowest BCUT2D eigenvalue weighted by Crippen LogP contribution is -2.14. The van der Waals surface area contributed by atoms with Crippen molar-refractivity contribution in [1.82, 2.24) is 0 Å². The Balaban J connectivity index is 1.87. The van der Waals surface area contributed by atoms with E-state index < -0.39 is 0 Å².